The molecule has 88 valence electrons. The fourth-order valence-corrected chi connectivity index (χ4v) is 3.42. The molecule has 0 bridgehead atoms. The first-order valence-corrected chi connectivity index (χ1v) is 7.00. The molecule has 0 amide bonds. The molecule has 0 radical (unpaired) electrons. The third-order valence-electron chi connectivity index (χ3n) is 3.20. The van der Waals surface area contributed by atoms with Crippen LogP contribution in [0.1, 0.15) is 30.9 Å². The van der Waals surface area contributed by atoms with Crippen molar-refractivity contribution in [2.24, 2.45) is 11.7 Å². The summed E-state index contributed by atoms with van der Waals surface area (Å²) in [6, 6.07) is 6.67. The second-order valence-electron chi connectivity index (χ2n) is 4.45. The van der Waals surface area contributed by atoms with Crippen molar-refractivity contribution in [1.29, 1.82) is 0 Å². The van der Waals surface area contributed by atoms with E-state index in [4.69, 9.17) is 5.73 Å². The van der Waals surface area contributed by atoms with Gasteiger partial charge in [0.15, 0.2) is 0 Å². The maximum atomic E-state index is 13.0. The van der Waals surface area contributed by atoms with Crippen molar-refractivity contribution in [3.05, 3.63) is 35.6 Å². The molecule has 0 aliphatic carbocycles. The minimum absolute atomic E-state index is 0.0104. The molecule has 3 heteroatoms. The summed E-state index contributed by atoms with van der Waals surface area (Å²) in [5.41, 5.74) is 7.05. The highest BCUT2D eigenvalue weighted by atomic mass is 32.2. The van der Waals surface area contributed by atoms with Crippen LogP contribution < -0.4 is 5.73 Å². The zero-order valence-corrected chi connectivity index (χ0v) is 10.2. The molecule has 0 spiro atoms. The summed E-state index contributed by atoms with van der Waals surface area (Å²) < 4.78 is 13.0. The van der Waals surface area contributed by atoms with Gasteiger partial charge >= 0.3 is 0 Å². The lowest BCUT2D eigenvalue weighted by Gasteiger charge is -2.24. The fourth-order valence-electron chi connectivity index (χ4n) is 2.21. The molecule has 1 aromatic carbocycles. The number of hydrogen-bond acceptors (Lipinski definition) is 2. The summed E-state index contributed by atoms with van der Waals surface area (Å²) in [4.78, 5) is 0. The van der Waals surface area contributed by atoms with Crippen molar-refractivity contribution < 1.29 is 4.39 Å². The van der Waals surface area contributed by atoms with Gasteiger partial charge in [-0.1, -0.05) is 12.1 Å². The van der Waals surface area contributed by atoms with Crippen molar-refractivity contribution in [3.8, 4) is 0 Å². The van der Waals surface area contributed by atoms with Crippen LogP contribution in [0.15, 0.2) is 24.3 Å². The van der Waals surface area contributed by atoms with Crippen LogP contribution in [0.3, 0.4) is 0 Å². The minimum atomic E-state index is -0.188. The average Bonchev–Trinajstić information content (AvgIpc) is 2.30. The van der Waals surface area contributed by atoms with E-state index in [9.17, 15) is 4.39 Å². The average molecular weight is 239 g/mol. The molecule has 1 saturated heterocycles. The van der Waals surface area contributed by atoms with E-state index >= 15 is 0 Å². The largest absolute Gasteiger partial charge is 0.324 e. The predicted octanol–water partition coefficient (Wildman–Crippen LogP) is 3.36. The van der Waals surface area contributed by atoms with Gasteiger partial charge in [-0.3, -0.25) is 0 Å². The Morgan fingerprint density at radius 1 is 1.38 bits per heavy atom. The van der Waals surface area contributed by atoms with Crippen molar-refractivity contribution >= 4 is 11.8 Å². The normalized spacial score (nSPS) is 19.6. The summed E-state index contributed by atoms with van der Waals surface area (Å²) >= 11 is 2.02. The van der Waals surface area contributed by atoms with E-state index in [0.717, 1.165) is 17.9 Å². The summed E-state index contributed by atoms with van der Waals surface area (Å²) in [6.07, 6.45) is 3.51. The molecule has 1 unspecified atom stereocenters. The number of rotatable bonds is 3. The van der Waals surface area contributed by atoms with Gasteiger partial charge in [0.2, 0.25) is 0 Å². The van der Waals surface area contributed by atoms with Crippen LogP contribution in [0, 0.1) is 11.7 Å². The summed E-state index contributed by atoms with van der Waals surface area (Å²) in [5.74, 6) is 3.04. The Hall–Kier alpha value is -0.540. The van der Waals surface area contributed by atoms with Crippen LogP contribution in [-0.2, 0) is 0 Å². The second kappa shape index (κ2) is 5.69. The second-order valence-corrected chi connectivity index (χ2v) is 5.68. The molecule has 0 aromatic heterocycles. The Morgan fingerprint density at radius 2 is 2.12 bits per heavy atom. The van der Waals surface area contributed by atoms with Crippen LogP contribution in [0.5, 0.6) is 0 Å². The van der Waals surface area contributed by atoms with Gasteiger partial charge in [0, 0.05) is 6.04 Å². The molecule has 1 aromatic rings. The molecule has 1 atom stereocenters. The molecular formula is C13H18FNS. The van der Waals surface area contributed by atoms with E-state index in [2.05, 4.69) is 0 Å². The Kier molecular flexibility index (Phi) is 4.24. The van der Waals surface area contributed by atoms with E-state index < -0.39 is 0 Å². The summed E-state index contributed by atoms with van der Waals surface area (Å²) in [5, 5.41) is 0. The minimum Gasteiger partial charge on any atom is -0.324 e. The molecular weight excluding hydrogens is 221 g/mol. The molecule has 16 heavy (non-hydrogen) atoms. The Bertz CT molecular complexity index is 336. The van der Waals surface area contributed by atoms with Gasteiger partial charge in [-0.05, 0) is 54.4 Å². The van der Waals surface area contributed by atoms with Gasteiger partial charge in [0.05, 0.1) is 0 Å². The highest BCUT2D eigenvalue weighted by molar-refractivity contribution is 7.99. The predicted molar refractivity (Wildman–Crippen MR) is 68.0 cm³/mol. The Labute approximate surface area is 101 Å². The van der Waals surface area contributed by atoms with Crippen LogP contribution in [0.4, 0.5) is 4.39 Å². The lowest BCUT2D eigenvalue weighted by molar-refractivity contribution is 0.412. The molecule has 2 N–H and O–H groups in total. The van der Waals surface area contributed by atoms with Crippen LogP contribution >= 0.6 is 11.8 Å². The number of halogens is 1. The molecule has 2 rings (SSSR count). The van der Waals surface area contributed by atoms with Gasteiger partial charge in [-0.2, -0.15) is 11.8 Å². The van der Waals surface area contributed by atoms with Gasteiger partial charge in [-0.25, -0.2) is 4.39 Å². The molecule has 1 fully saturated rings. The zero-order valence-electron chi connectivity index (χ0n) is 9.36. The van der Waals surface area contributed by atoms with E-state index in [1.165, 1.54) is 30.4 Å². The van der Waals surface area contributed by atoms with Crippen molar-refractivity contribution in [3.63, 3.8) is 0 Å². The number of thioether (sulfide) groups is 1. The standard InChI is InChI=1S/C13H18FNS/c14-12-3-1-2-11(9-12)13(15)8-10-4-6-16-7-5-10/h1-3,9-10,13H,4-8,15H2. The number of nitrogens with two attached hydrogens (primary N) is 1. The first kappa shape index (κ1) is 11.9. The van der Waals surface area contributed by atoms with E-state index in [0.29, 0.717) is 0 Å². The van der Waals surface area contributed by atoms with E-state index in [-0.39, 0.29) is 11.9 Å². The van der Waals surface area contributed by atoms with E-state index in [1.807, 2.05) is 17.8 Å². The summed E-state index contributed by atoms with van der Waals surface area (Å²) in [7, 11) is 0. The molecule has 1 aliphatic rings. The summed E-state index contributed by atoms with van der Waals surface area (Å²) in [6.45, 7) is 0. The van der Waals surface area contributed by atoms with Crippen molar-refractivity contribution in [1.82, 2.24) is 0 Å². The quantitative estimate of drug-likeness (QED) is 0.875. The fraction of sp³-hybridized carbons (Fsp3) is 0.538. The van der Waals surface area contributed by atoms with E-state index in [1.54, 1.807) is 12.1 Å². The molecule has 0 saturated carbocycles. The highest BCUT2D eigenvalue weighted by Crippen LogP contribution is 2.29. The monoisotopic (exact) mass is 239 g/mol. The lowest BCUT2D eigenvalue weighted by Crippen LogP contribution is -2.18. The smallest absolute Gasteiger partial charge is 0.123 e. The molecule has 1 nitrogen and oxygen atoms in total. The Balaban J connectivity index is 1.94. The third-order valence-corrected chi connectivity index (χ3v) is 4.25. The maximum absolute atomic E-state index is 13.0. The Morgan fingerprint density at radius 3 is 2.81 bits per heavy atom. The van der Waals surface area contributed by atoms with Gasteiger partial charge in [-0.15, -0.1) is 0 Å². The number of benzene rings is 1. The zero-order chi connectivity index (χ0) is 11.4. The van der Waals surface area contributed by atoms with Gasteiger partial charge in [0.25, 0.3) is 0 Å². The van der Waals surface area contributed by atoms with Crippen molar-refractivity contribution in [2.75, 3.05) is 11.5 Å². The number of hydrogen-bond donors (Lipinski definition) is 1. The van der Waals surface area contributed by atoms with Gasteiger partial charge < -0.3 is 5.73 Å². The topological polar surface area (TPSA) is 26.0 Å². The van der Waals surface area contributed by atoms with Crippen molar-refractivity contribution in [2.45, 2.75) is 25.3 Å². The first-order chi connectivity index (χ1) is 7.75. The SMILES string of the molecule is NC(CC1CCSCC1)c1cccc(F)c1. The van der Waals surface area contributed by atoms with Crippen LogP contribution in [0.2, 0.25) is 0 Å². The van der Waals surface area contributed by atoms with Crippen LogP contribution in [0.25, 0.3) is 0 Å². The third kappa shape index (κ3) is 3.22. The lowest BCUT2D eigenvalue weighted by atomic mass is 9.91. The molecule has 1 heterocycles. The van der Waals surface area contributed by atoms with Crippen LogP contribution in [-0.4, -0.2) is 11.5 Å². The van der Waals surface area contributed by atoms with Gasteiger partial charge in [0.1, 0.15) is 5.82 Å². The molecule has 1 aliphatic heterocycles. The highest BCUT2D eigenvalue weighted by Gasteiger charge is 2.18. The maximum Gasteiger partial charge on any atom is 0.123 e. The first-order valence-electron chi connectivity index (χ1n) is 5.84.